The smallest absolute Gasteiger partial charge is 0.252 e. The summed E-state index contributed by atoms with van der Waals surface area (Å²) in [5.41, 5.74) is 12.7. The number of nitrogens with zero attached hydrogens (tertiary/aromatic N) is 5. The van der Waals surface area contributed by atoms with Crippen molar-refractivity contribution in [2.75, 3.05) is 0 Å². The zero-order chi connectivity index (χ0) is 30.0. The van der Waals surface area contributed by atoms with E-state index < -0.39 is 0 Å². The molecule has 6 aromatic carbocycles. The highest BCUT2D eigenvalue weighted by Gasteiger charge is 2.41. The Labute approximate surface area is 257 Å². The third-order valence-electron chi connectivity index (χ3n) is 9.76. The number of para-hydroxylation sites is 4. The van der Waals surface area contributed by atoms with Gasteiger partial charge in [0, 0.05) is 55.1 Å². The topological polar surface area (TPSA) is 61.8 Å². The van der Waals surface area contributed by atoms with Gasteiger partial charge >= 0.3 is 0 Å². The van der Waals surface area contributed by atoms with Gasteiger partial charge in [0.1, 0.15) is 0 Å². The van der Waals surface area contributed by atoms with Gasteiger partial charge in [0.05, 0.1) is 35.3 Å². The minimum absolute atomic E-state index is 0.00168. The van der Waals surface area contributed by atoms with Crippen LogP contribution in [0.1, 0.15) is 11.1 Å². The maximum absolute atomic E-state index is 10.3. The first kappa shape index (κ1) is 24.0. The molecule has 0 saturated heterocycles. The van der Waals surface area contributed by atoms with Crippen LogP contribution in [0.3, 0.4) is 0 Å². The van der Waals surface area contributed by atoms with Gasteiger partial charge in [-0.2, -0.15) is 10.5 Å². The Morgan fingerprint density at radius 3 is 1.71 bits per heavy atom. The average Bonchev–Trinajstić information content (AvgIpc) is 3.62. The molecule has 10 rings (SSSR count). The van der Waals surface area contributed by atoms with Crippen LogP contribution in [-0.4, -0.2) is 15.8 Å². The van der Waals surface area contributed by atoms with Gasteiger partial charge in [-0.25, -0.2) is 4.85 Å². The van der Waals surface area contributed by atoms with E-state index >= 15 is 0 Å². The van der Waals surface area contributed by atoms with Crippen LogP contribution in [0.4, 0.5) is 5.69 Å². The second-order valence-corrected chi connectivity index (χ2v) is 11.8. The predicted octanol–water partition coefficient (Wildman–Crippen LogP) is 6.98. The molecule has 4 heterocycles. The van der Waals surface area contributed by atoms with E-state index in [1.807, 2.05) is 0 Å². The van der Waals surface area contributed by atoms with Crippen molar-refractivity contribution in [2.24, 2.45) is 0 Å². The second kappa shape index (κ2) is 8.30. The summed E-state index contributed by atoms with van der Waals surface area (Å²) in [5.74, 6) is 0. The molecule has 2 aliphatic heterocycles. The number of hydrogen-bond acceptors (Lipinski definition) is 2. The molecule has 2 aromatic heterocycles. The molecule has 0 N–H and O–H groups in total. The average molecular weight is 567 g/mol. The third-order valence-corrected chi connectivity index (χ3v) is 9.76. The highest BCUT2D eigenvalue weighted by molar-refractivity contribution is 7.00. The summed E-state index contributed by atoms with van der Waals surface area (Å²) in [6.45, 7) is 8.05. The van der Waals surface area contributed by atoms with Crippen molar-refractivity contribution in [3.05, 3.63) is 132 Å². The molecular weight excluding hydrogens is 549 g/mol. The molecule has 0 spiro atoms. The van der Waals surface area contributed by atoms with Crippen molar-refractivity contribution in [3.63, 3.8) is 0 Å². The van der Waals surface area contributed by atoms with Crippen molar-refractivity contribution in [1.29, 1.82) is 10.5 Å². The number of nitriles is 2. The van der Waals surface area contributed by atoms with Gasteiger partial charge in [0.15, 0.2) is 5.69 Å². The van der Waals surface area contributed by atoms with Crippen LogP contribution >= 0.6 is 0 Å². The van der Waals surface area contributed by atoms with E-state index in [0.29, 0.717) is 22.4 Å². The monoisotopic (exact) mass is 567 g/mol. The molecule has 2 aliphatic rings. The predicted molar refractivity (Wildman–Crippen MR) is 181 cm³/mol. The Bertz CT molecular complexity index is 2630. The van der Waals surface area contributed by atoms with Crippen LogP contribution in [0, 0.1) is 29.2 Å². The minimum atomic E-state index is 0.00168. The summed E-state index contributed by atoms with van der Waals surface area (Å²) in [6.07, 6.45) is 0. The van der Waals surface area contributed by atoms with E-state index in [2.05, 4.69) is 123 Å². The molecular formula is C39H18BN5. The van der Waals surface area contributed by atoms with Gasteiger partial charge in [-0.05, 0) is 58.4 Å². The van der Waals surface area contributed by atoms with Gasteiger partial charge in [-0.15, -0.1) is 0 Å². The molecule has 8 aromatic rings. The number of aromatic nitrogens is 2. The highest BCUT2D eigenvalue weighted by atomic mass is 15.0. The lowest BCUT2D eigenvalue weighted by Crippen LogP contribution is -2.59. The lowest BCUT2D eigenvalue weighted by Gasteiger charge is -2.34. The SMILES string of the molecule is [C-]#[N+]c1cc(C#N)cc(C#N)c1-c1cc2c3c(c1)-n1c4ccccc4c4cccc(c41)B3c1cccc3c4ccccc4n-2c13. The number of rotatable bonds is 1. The van der Waals surface area contributed by atoms with E-state index in [-0.39, 0.29) is 6.71 Å². The zero-order valence-corrected chi connectivity index (χ0v) is 23.7. The first-order valence-electron chi connectivity index (χ1n) is 14.8. The van der Waals surface area contributed by atoms with E-state index in [4.69, 9.17) is 6.57 Å². The molecule has 6 heteroatoms. The van der Waals surface area contributed by atoms with Crippen LogP contribution < -0.4 is 16.4 Å². The van der Waals surface area contributed by atoms with Crippen molar-refractivity contribution < 1.29 is 0 Å². The van der Waals surface area contributed by atoms with Crippen molar-refractivity contribution >= 4 is 72.4 Å². The summed E-state index contributed by atoms with van der Waals surface area (Å²) in [6, 6.07) is 42.3. The van der Waals surface area contributed by atoms with Crippen LogP contribution in [-0.2, 0) is 0 Å². The number of hydrogen-bond donors (Lipinski definition) is 0. The first-order valence-corrected chi connectivity index (χ1v) is 14.8. The lowest BCUT2D eigenvalue weighted by atomic mass is 9.34. The first-order chi connectivity index (χ1) is 22.2. The van der Waals surface area contributed by atoms with Crippen LogP contribution in [0.5, 0.6) is 0 Å². The Morgan fingerprint density at radius 1 is 0.622 bits per heavy atom. The van der Waals surface area contributed by atoms with Gasteiger partial charge in [0.25, 0.3) is 6.71 Å². The number of fused-ring (bicyclic) bond motifs is 10. The molecule has 0 bridgehead atoms. The van der Waals surface area contributed by atoms with Gasteiger partial charge < -0.3 is 9.13 Å². The molecule has 202 valence electrons. The standard InChI is InChI=1S/C39H18BN5/c1-43-31-17-22(20-41)16-24(21-42)36(31)23-18-34-37-35(19-23)45-33-15-5-3-9-26(33)28-11-7-13-30(39(28)45)40(37)29-12-6-10-27-25-8-2-4-14-32(25)44(34)38(27)29/h2-19H. The molecule has 0 unspecified atom stereocenters. The summed E-state index contributed by atoms with van der Waals surface area (Å²) < 4.78 is 4.76. The lowest BCUT2D eigenvalue weighted by molar-refractivity contribution is 1.14. The largest absolute Gasteiger partial charge is 0.310 e. The quantitative estimate of drug-likeness (QED) is 0.159. The molecule has 0 atom stereocenters. The third kappa shape index (κ3) is 2.81. The molecule has 0 fully saturated rings. The number of benzene rings is 6. The van der Waals surface area contributed by atoms with Crippen LogP contribution in [0.2, 0.25) is 0 Å². The molecule has 45 heavy (non-hydrogen) atoms. The Hall–Kier alpha value is -6.55. The fourth-order valence-electron chi connectivity index (χ4n) is 8.14. The molecule has 0 amide bonds. The van der Waals surface area contributed by atoms with E-state index in [0.717, 1.165) is 28.0 Å². The molecule has 0 saturated carbocycles. The van der Waals surface area contributed by atoms with Gasteiger partial charge in [-0.1, -0.05) is 72.8 Å². The minimum Gasteiger partial charge on any atom is -0.310 e. The van der Waals surface area contributed by atoms with E-state index in [9.17, 15) is 10.5 Å². The Balaban J connectivity index is 1.47. The summed E-state index contributed by atoms with van der Waals surface area (Å²) in [7, 11) is 0. The summed E-state index contributed by atoms with van der Waals surface area (Å²) in [5, 5.41) is 24.7. The summed E-state index contributed by atoms with van der Waals surface area (Å²) in [4.78, 5) is 3.82. The molecule has 0 aliphatic carbocycles. The highest BCUT2D eigenvalue weighted by Crippen LogP contribution is 2.42. The maximum Gasteiger partial charge on any atom is 0.252 e. The fourth-order valence-corrected chi connectivity index (χ4v) is 8.14. The Morgan fingerprint density at radius 2 is 1.18 bits per heavy atom. The fraction of sp³-hybridized carbons (Fsp3) is 0. The summed E-state index contributed by atoms with van der Waals surface area (Å²) >= 11 is 0. The van der Waals surface area contributed by atoms with Crippen LogP contribution in [0.15, 0.2) is 109 Å². The normalized spacial score (nSPS) is 12.3. The van der Waals surface area contributed by atoms with E-state index in [1.165, 1.54) is 49.0 Å². The van der Waals surface area contributed by atoms with E-state index in [1.54, 1.807) is 12.1 Å². The van der Waals surface area contributed by atoms with Gasteiger partial charge in [0.2, 0.25) is 0 Å². The van der Waals surface area contributed by atoms with Crippen molar-refractivity contribution in [3.8, 4) is 34.6 Å². The van der Waals surface area contributed by atoms with Crippen molar-refractivity contribution in [1.82, 2.24) is 9.13 Å². The van der Waals surface area contributed by atoms with Crippen LogP contribution in [0.25, 0.3) is 71.0 Å². The molecule has 0 radical (unpaired) electrons. The second-order valence-electron chi connectivity index (χ2n) is 11.8. The molecule has 5 nitrogen and oxygen atoms in total. The Kier molecular flexibility index (Phi) is 4.42. The van der Waals surface area contributed by atoms with Crippen molar-refractivity contribution in [2.45, 2.75) is 0 Å². The van der Waals surface area contributed by atoms with Gasteiger partial charge in [-0.3, -0.25) is 0 Å². The zero-order valence-electron chi connectivity index (χ0n) is 23.7. The maximum atomic E-state index is 10.3.